The molecule has 0 atom stereocenters. The molecule has 0 aliphatic rings. The maximum atomic E-state index is 10.5. The molecule has 0 saturated heterocycles. The molecule has 16 heavy (non-hydrogen) atoms. The van der Waals surface area contributed by atoms with Gasteiger partial charge >= 0.3 is 5.97 Å². The van der Waals surface area contributed by atoms with E-state index in [4.69, 9.17) is 14.0 Å². The van der Waals surface area contributed by atoms with Crippen LogP contribution >= 0.6 is 11.8 Å². The number of thioether (sulfide) groups is 1. The lowest BCUT2D eigenvalue weighted by molar-refractivity contribution is 0.0685. The van der Waals surface area contributed by atoms with E-state index in [0.717, 1.165) is 11.5 Å². The maximum absolute atomic E-state index is 10.5. The van der Waals surface area contributed by atoms with Gasteiger partial charge in [-0.25, -0.2) is 4.79 Å². The van der Waals surface area contributed by atoms with E-state index in [0.29, 0.717) is 11.5 Å². The molecule has 0 unspecified atom stereocenters. The number of carboxylic acids is 1. The third kappa shape index (κ3) is 2.66. The van der Waals surface area contributed by atoms with Gasteiger partial charge in [0, 0.05) is 6.07 Å². The van der Waals surface area contributed by atoms with Crippen LogP contribution in [0, 0.1) is 0 Å². The van der Waals surface area contributed by atoms with Crippen molar-refractivity contribution in [2.24, 2.45) is 0 Å². The van der Waals surface area contributed by atoms with Crippen molar-refractivity contribution in [1.29, 1.82) is 0 Å². The highest BCUT2D eigenvalue weighted by Crippen LogP contribution is 2.18. The summed E-state index contributed by atoms with van der Waals surface area (Å²) >= 11 is 1.57. The standard InChI is InChI=1S/C10H9NO4S/c12-10(13)9-4-8(15-11-9)6-16-5-7-2-1-3-14-7/h1-4H,5-6H2,(H,12,13). The number of hydrogen-bond acceptors (Lipinski definition) is 5. The van der Waals surface area contributed by atoms with Crippen molar-refractivity contribution < 1.29 is 18.8 Å². The first kappa shape index (κ1) is 10.8. The van der Waals surface area contributed by atoms with Gasteiger partial charge in [-0.3, -0.25) is 0 Å². The van der Waals surface area contributed by atoms with Crippen LogP contribution in [-0.4, -0.2) is 16.2 Å². The first-order valence-electron chi connectivity index (χ1n) is 4.55. The quantitative estimate of drug-likeness (QED) is 0.863. The van der Waals surface area contributed by atoms with E-state index >= 15 is 0 Å². The van der Waals surface area contributed by atoms with Gasteiger partial charge in [-0.1, -0.05) is 5.16 Å². The Labute approximate surface area is 95.4 Å². The summed E-state index contributed by atoms with van der Waals surface area (Å²) in [5, 5.41) is 12.0. The number of nitrogens with zero attached hydrogens (tertiary/aromatic N) is 1. The highest BCUT2D eigenvalue weighted by molar-refractivity contribution is 7.97. The van der Waals surface area contributed by atoms with E-state index < -0.39 is 5.97 Å². The summed E-state index contributed by atoms with van der Waals surface area (Å²) in [6, 6.07) is 5.14. The fraction of sp³-hybridized carbons (Fsp3) is 0.200. The number of aromatic nitrogens is 1. The van der Waals surface area contributed by atoms with Gasteiger partial charge in [-0.2, -0.15) is 0 Å². The van der Waals surface area contributed by atoms with Crippen LogP contribution in [0.4, 0.5) is 0 Å². The topological polar surface area (TPSA) is 76.5 Å². The van der Waals surface area contributed by atoms with Gasteiger partial charge in [-0.05, 0) is 12.1 Å². The maximum Gasteiger partial charge on any atom is 0.358 e. The zero-order chi connectivity index (χ0) is 11.4. The SMILES string of the molecule is O=C(O)c1cc(CSCc2ccco2)on1. The lowest BCUT2D eigenvalue weighted by atomic mass is 10.4. The summed E-state index contributed by atoms with van der Waals surface area (Å²) in [7, 11) is 0. The molecule has 2 aromatic heterocycles. The zero-order valence-electron chi connectivity index (χ0n) is 8.25. The van der Waals surface area contributed by atoms with Gasteiger partial charge in [0.2, 0.25) is 0 Å². The third-order valence-corrected chi connectivity index (χ3v) is 2.82. The van der Waals surface area contributed by atoms with Gasteiger partial charge in [0.05, 0.1) is 17.8 Å². The molecule has 0 aliphatic heterocycles. The second kappa shape index (κ2) is 4.89. The van der Waals surface area contributed by atoms with Gasteiger partial charge in [0.1, 0.15) is 11.5 Å². The Morgan fingerprint density at radius 1 is 1.44 bits per heavy atom. The van der Waals surface area contributed by atoms with E-state index in [2.05, 4.69) is 5.16 Å². The van der Waals surface area contributed by atoms with Gasteiger partial charge in [0.15, 0.2) is 5.69 Å². The minimum Gasteiger partial charge on any atom is -0.476 e. The number of carboxylic acid groups (broad SMARTS) is 1. The van der Waals surface area contributed by atoms with Crippen molar-refractivity contribution in [3.05, 3.63) is 41.7 Å². The van der Waals surface area contributed by atoms with Gasteiger partial charge in [0.25, 0.3) is 0 Å². The number of rotatable bonds is 5. The van der Waals surface area contributed by atoms with E-state index in [1.807, 2.05) is 12.1 Å². The van der Waals surface area contributed by atoms with Crippen molar-refractivity contribution in [1.82, 2.24) is 5.16 Å². The molecule has 2 aromatic rings. The van der Waals surface area contributed by atoms with Crippen LogP contribution in [0.15, 0.2) is 33.4 Å². The summed E-state index contributed by atoms with van der Waals surface area (Å²) in [4.78, 5) is 10.5. The average molecular weight is 239 g/mol. The number of furan rings is 1. The van der Waals surface area contributed by atoms with Gasteiger partial charge < -0.3 is 14.0 Å². The summed E-state index contributed by atoms with van der Waals surface area (Å²) < 4.78 is 10.0. The predicted molar refractivity (Wildman–Crippen MR) is 57.2 cm³/mol. The first-order chi connectivity index (χ1) is 7.75. The number of aromatic carboxylic acids is 1. The summed E-state index contributed by atoms with van der Waals surface area (Å²) in [6.45, 7) is 0. The number of carbonyl (C=O) groups is 1. The fourth-order valence-corrected chi connectivity index (χ4v) is 1.93. The van der Waals surface area contributed by atoms with E-state index in [9.17, 15) is 4.79 Å². The smallest absolute Gasteiger partial charge is 0.358 e. The van der Waals surface area contributed by atoms with E-state index in [1.165, 1.54) is 6.07 Å². The summed E-state index contributed by atoms with van der Waals surface area (Å²) in [6.07, 6.45) is 1.62. The summed E-state index contributed by atoms with van der Waals surface area (Å²) in [5.74, 6) is 1.64. The molecule has 0 saturated carbocycles. The lowest BCUT2D eigenvalue weighted by Crippen LogP contribution is -1.94. The van der Waals surface area contributed by atoms with Crippen LogP contribution in [0.5, 0.6) is 0 Å². The minimum absolute atomic E-state index is 0.0615. The molecule has 6 heteroatoms. The largest absolute Gasteiger partial charge is 0.476 e. The Hall–Kier alpha value is -1.69. The molecule has 0 fully saturated rings. The second-order valence-electron chi connectivity index (χ2n) is 3.06. The molecule has 84 valence electrons. The van der Waals surface area contributed by atoms with Crippen molar-refractivity contribution >= 4 is 17.7 Å². The molecule has 2 heterocycles. The van der Waals surface area contributed by atoms with E-state index in [1.54, 1.807) is 18.0 Å². The van der Waals surface area contributed by atoms with Crippen LogP contribution in [0.3, 0.4) is 0 Å². The molecule has 0 bridgehead atoms. The van der Waals surface area contributed by atoms with Crippen molar-refractivity contribution in [2.75, 3.05) is 0 Å². The van der Waals surface area contributed by atoms with Crippen LogP contribution < -0.4 is 0 Å². The highest BCUT2D eigenvalue weighted by Gasteiger charge is 2.10. The second-order valence-corrected chi connectivity index (χ2v) is 4.04. The Bertz CT molecular complexity index is 463. The lowest BCUT2D eigenvalue weighted by Gasteiger charge is -1.94. The third-order valence-electron chi connectivity index (χ3n) is 1.85. The minimum atomic E-state index is -1.08. The van der Waals surface area contributed by atoms with Crippen molar-refractivity contribution in [2.45, 2.75) is 11.5 Å². The van der Waals surface area contributed by atoms with Crippen LogP contribution in [0.25, 0.3) is 0 Å². The molecule has 0 aliphatic carbocycles. The van der Waals surface area contributed by atoms with Crippen LogP contribution in [0.1, 0.15) is 22.0 Å². The molecule has 2 rings (SSSR count). The molecule has 0 radical (unpaired) electrons. The van der Waals surface area contributed by atoms with E-state index in [-0.39, 0.29) is 5.69 Å². The van der Waals surface area contributed by atoms with Gasteiger partial charge in [-0.15, -0.1) is 11.8 Å². The molecule has 1 N–H and O–H groups in total. The monoisotopic (exact) mass is 239 g/mol. The van der Waals surface area contributed by atoms with Crippen molar-refractivity contribution in [3.63, 3.8) is 0 Å². The fourth-order valence-electron chi connectivity index (χ4n) is 1.13. The Balaban J connectivity index is 1.83. The zero-order valence-corrected chi connectivity index (χ0v) is 9.07. The first-order valence-corrected chi connectivity index (χ1v) is 5.70. The molecule has 0 amide bonds. The normalized spacial score (nSPS) is 10.5. The predicted octanol–water partition coefficient (Wildman–Crippen LogP) is 2.40. The van der Waals surface area contributed by atoms with Crippen LogP contribution in [-0.2, 0) is 11.5 Å². The van der Waals surface area contributed by atoms with Crippen LogP contribution in [0.2, 0.25) is 0 Å². The Kier molecular flexibility index (Phi) is 3.31. The summed E-state index contributed by atoms with van der Waals surface area (Å²) in [5.41, 5.74) is -0.0615. The number of hydrogen-bond donors (Lipinski definition) is 1. The molecule has 0 aromatic carbocycles. The highest BCUT2D eigenvalue weighted by atomic mass is 32.2. The molecule has 5 nitrogen and oxygen atoms in total. The molecular weight excluding hydrogens is 230 g/mol. The molecular formula is C10H9NO4S. The molecule has 0 spiro atoms. The average Bonchev–Trinajstić information content (AvgIpc) is 2.87. The Morgan fingerprint density at radius 3 is 2.88 bits per heavy atom. The Morgan fingerprint density at radius 2 is 2.25 bits per heavy atom. The van der Waals surface area contributed by atoms with Crippen molar-refractivity contribution in [3.8, 4) is 0 Å².